The molecule has 1 saturated carbocycles. The van der Waals surface area contributed by atoms with E-state index in [1.807, 2.05) is 45.0 Å². The molecule has 3 N–H and O–H groups in total. The van der Waals surface area contributed by atoms with Crippen LogP contribution < -0.4 is 15.4 Å². The number of allylic oxidation sites excluding steroid dienone is 1. The SMILES string of the molecule is C=CC.CC.CN(C=O)c1cccc(Cn2ccc(C(=O)c3cncnc3NC3CC(COSN)CC3P)n2)c1. The maximum absolute atomic E-state index is 13.3. The summed E-state index contributed by atoms with van der Waals surface area (Å²) in [6, 6.07) is 9.42. The van der Waals surface area contributed by atoms with E-state index in [-0.39, 0.29) is 11.8 Å². The molecule has 1 aromatic carbocycles. The monoisotopic (exact) mass is 585 g/mol. The Morgan fingerprint density at radius 1 is 1.35 bits per heavy atom. The molecule has 1 aliphatic rings. The number of ketones is 1. The molecular weight excluding hydrogens is 545 g/mol. The summed E-state index contributed by atoms with van der Waals surface area (Å²) in [6.07, 6.45) is 9.09. The summed E-state index contributed by atoms with van der Waals surface area (Å²) in [5.74, 6) is 0.628. The van der Waals surface area contributed by atoms with Gasteiger partial charge in [-0.3, -0.25) is 19.4 Å². The maximum atomic E-state index is 13.3. The van der Waals surface area contributed by atoms with Crippen LogP contribution in [0.25, 0.3) is 0 Å². The number of hydrogen-bond acceptors (Lipinski definition) is 9. The molecule has 40 heavy (non-hydrogen) atoms. The van der Waals surface area contributed by atoms with Crippen molar-refractivity contribution in [2.75, 3.05) is 23.9 Å². The fourth-order valence-corrected chi connectivity index (χ4v) is 5.14. The molecule has 10 nitrogen and oxygen atoms in total. The van der Waals surface area contributed by atoms with Gasteiger partial charge in [-0.05, 0) is 55.1 Å². The van der Waals surface area contributed by atoms with Gasteiger partial charge >= 0.3 is 0 Å². The minimum atomic E-state index is -0.251. The highest BCUT2D eigenvalue weighted by molar-refractivity contribution is 7.92. The smallest absolute Gasteiger partial charge is 0.218 e. The van der Waals surface area contributed by atoms with Gasteiger partial charge < -0.3 is 14.4 Å². The summed E-state index contributed by atoms with van der Waals surface area (Å²) in [5.41, 5.74) is 2.75. The van der Waals surface area contributed by atoms with Crippen molar-refractivity contribution in [2.45, 2.75) is 51.9 Å². The van der Waals surface area contributed by atoms with Crippen molar-refractivity contribution in [1.29, 1.82) is 0 Å². The minimum absolute atomic E-state index is 0.132. The van der Waals surface area contributed by atoms with Gasteiger partial charge in [0.25, 0.3) is 0 Å². The Kier molecular flexibility index (Phi) is 14.5. The third kappa shape index (κ3) is 9.52. The lowest BCUT2D eigenvalue weighted by Gasteiger charge is -2.19. The number of nitrogens with zero attached hydrogens (tertiary/aromatic N) is 5. The van der Waals surface area contributed by atoms with Crippen molar-refractivity contribution in [1.82, 2.24) is 19.7 Å². The lowest BCUT2D eigenvalue weighted by atomic mass is 10.1. The molecule has 0 bridgehead atoms. The second-order valence-electron chi connectivity index (χ2n) is 8.94. The zero-order chi connectivity index (χ0) is 29.5. The molecule has 0 radical (unpaired) electrons. The molecule has 1 fully saturated rings. The standard InChI is InChI=1S/C23H28N7O3PS.C3H6.C2H6/c1-29(14-31)17-4-2-3-15(7-17)11-30-6-5-19(28-30)22(32)18-10-25-13-26-23(18)27-20-8-16(9-21(20)34)12-33-35-24;1-3-2;1-2/h2-7,10,13-14,16,20-21H,8-9,11-12,24,34H2,1H3,(H,25,26,27);3H,1H2,2H3;1-2H3. The largest absolute Gasteiger partial charge is 0.366 e. The van der Waals surface area contributed by atoms with Gasteiger partial charge in [0.15, 0.2) is 0 Å². The Balaban J connectivity index is 0.00000105. The first-order valence-electron chi connectivity index (χ1n) is 13.1. The lowest BCUT2D eigenvalue weighted by molar-refractivity contribution is -0.107. The van der Waals surface area contributed by atoms with Crippen molar-refractivity contribution in [3.8, 4) is 0 Å². The zero-order valence-corrected chi connectivity index (χ0v) is 25.5. The van der Waals surface area contributed by atoms with E-state index in [2.05, 4.69) is 36.2 Å². The molecule has 0 saturated heterocycles. The van der Waals surface area contributed by atoms with Crippen LogP contribution in [0.15, 0.2) is 61.7 Å². The van der Waals surface area contributed by atoms with Crippen LogP contribution in [-0.2, 0) is 15.5 Å². The quantitative estimate of drug-likeness (QED) is 0.0819. The Morgan fingerprint density at radius 2 is 2.10 bits per heavy atom. The topological polar surface area (TPSA) is 128 Å². The van der Waals surface area contributed by atoms with E-state index in [0.717, 1.165) is 42.7 Å². The summed E-state index contributed by atoms with van der Waals surface area (Å²) in [6.45, 7) is 10.3. The number of rotatable bonds is 11. The van der Waals surface area contributed by atoms with Crippen molar-refractivity contribution in [3.05, 3.63) is 78.5 Å². The molecule has 12 heteroatoms. The van der Waals surface area contributed by atoms with Crippen LogP contribution in [0.4, 0.5) is 11.5 Å². The fourth-order valence-electron chi connectivity index (χ4n) is 4.23. The van der Waals surface area contributed by atoms with Crippen LogP contribution in [0.1, 0.15) is 55.2 Å². The molecule has 2 aromatic heterocycles. The highest BCUT2D eigenvalue weighted by atomic mass is 32.2. The number of aromatic nitrogens is 4. The second kappa shape index (κ2) is 17.6. The summed E-state index contributed by atoms with van der Waals surface area (Å²) in [4.78, 5) is 34.3. The molecule has 4 rings (SSSR count). The molecule has 3 aromatic rings. The van der Waals surface area contributed by atoms with Crippen LogP contribution in [0.2, 0.25) is 0 Å². The number of amides is 1. The van der Waals surface area contributed by atoms with E-state index >= 15 is 0 Å². The minimum Gasteiger partial charge on any atom is -0.366 e. The number of nitrogens with one attached hydrogen (secondary N) is 1. The molecule has 0 aliphatic heterocycles. The molecule has 2 heterocycles. The molecule has 1 amide bonds. The van der Waals surface area contributed by atoms with Crippen molar-refractivity contribution in [2.24, 2.45) is 11.1 Å². The van der Waals surface area contributed by atoms with Gasteiger partial charge in [0.05, 0.1) is 30.9 Å². The van der Waals surface area contributed by atoms with E-state index in [9.17, 15) is 9.59 Å². The highest BCUT2D eigenvalue weighted by Crippen LogP contribution is 2.34. The molecule has 4 unspecified atom stereocenters. The molecular formula is C28H40N7O3PS. The molecule has 1 aliphatic carbocycles. The van der Waals surface area contributed by atoms with Gasteiger partial charge in [-0.25, -0.2) is 9.97 Å². The lowest BCUT2D eigenvalue weighted by Crippen LogP contribution is -2.26. The van der Waals surface area contributed by atoms with E-state index in [1.54, 1.807) is 30.1 Å². The first-order chi connectivity index (χ1) is 19.4. The van der Waals surface area contributed by atoms with Crippen LogP contribution in [0.3, 0.4) is 0 Å². The van der Waals surface area contributed by atoms with Crippen molar-refractivity contribution in [3.63, 3.8) is 0 Å². The Morgan fingerprint density at radius 3 is 2.80 bits per heavy atom. The number of hydrogen-bond donors (Lipinski definition) is 2. The zero-order valence-electron chi connectivity index (χ0n) is 23.6. The third-order valence-corrected chi connectivity index (χ3v) is 7.06. The summed E-state index contributed by atoms with van der Waals surface area (Å²) < 4.78 is 7.00. The Hall–Kier alpha value is -3.11. The van der Waals surface area contributed by atoms with Gasteiger partial charge in [0.1, 0.15) is 17.8 Å². The van der Waals surface area contributed by atoms with Gasteiger partial charge in [0.2, 0.25) is 12.2 Å². The predicted octanol–water partition coefficient (Wildman–Crippen LogP) is 4.74. The van der Waals surface area contributed by atoms with Crippen LogP contribution in [-0.4, -0.2) is 57.3 Å². The second-order valence-corrected chi connectivity index (χ2v) is 10.2. The van der Waals surface area contributed by atoms with Crippen molar-refractivity contribution >= 4 is 45.2 Å². The number of benzene rings is 1. The van der Waals surface area contributed by atoms with Gasteiger partial charge in [-0.15, -0.1) is 15.8 Å². The molecule has 216 valence electrons. The summed E-state index contributed by atoms with van der Waals surface area (Å²) in [7, 11) is 4.57. The highest BCUT2D eigenvalue weighted by Gasteiger charge is 2.33. The average molecular weight is 586 g/mol. The molecule has 0 spiro atoms. The first kappa shape index (κ1) is 33.1. The number of carbonyl (C=O) groups excluding carboxylic acids is 2. The normalized spacial score (nSPS) is 17.5. The Bertz CT molecular complexity index is 1230. The first-order valence-corrected chi connectivity index (χ1v) is 14.6. The summed E-state index contributed by atoms with van der Waals surface area (Å²) >= 11 is 0.887. The van der Waals surface area contributed by atoms with E-state index in [4.69, 9.17) is 9.32 Å². The number of nitrogens with two attached hydrogens (primary N) is 1. The van der Waals surface area contributed by atoms with Crippen molar-refractivity contribution < 1.29 is 13.8 Å². The summed E-state index contributed by atoms with van der Waals surface area (Å²) in [5, 5.41) is 13.3. The number of anilines is 2. The van der Waals surface area contributed by atoms with Gasteiger partial charge in [-0.1, -0.05) is 32.1 Å². The van der Waals surface area contributed by atoms with Crippen LogP contribution >= 0.6 is 21.5 Å². The van der Waals surface area contributed by atoms with Crippen LogP contribution in [0, 0.1) is 5.92 Å². The third-order valence-electron chi connectivity index (χ3n) is 6.05. The maximum Gasteiger partial charge on any atom is 0.218 e. The van der Waals surface area contributed by atoms with E-state index in [0.29, 0.717) is 41.8 Å². The van der Waals surface area contributed by atoms with Gasteiger partial charge in [0, 0.05) is 31.2 Å². The molecule has 4 atom stereocenters. The fraction of sp³-hybridized carbons (Fsp3) is 0.393. The van der Waals surface area contributed by atoms with E-state index in [1.165, 1.54) is 17.4 Å². The predicted molar refractivity (Wildman–Crippen MR) is 166 cm³/mol. The van der Waals surface area contributed by atoms with E-state index < -0.39 is 0 Å². The Labute approximate surface area is 243 Å². The number of carbonyl (C=O) groups is 2. The van der Waals surface area contributed by atoms with Crippen LogP contribution in [0.5, 0.6) is 0 Å². The van der Waals surface area contributed by atoms with Gasteiger partial charge in [-0.2, -0.15) is 5.10 Å². The average Bonchev–Trinajstić information content (AvgIpc) is 3.59.